The zero-order valence-corrected chi connectivity index (χ0v) is 16.6. The molecule has 0 bridgehead atoms. The molecule has 1 aromatic carbocycles. The Kier molecular flexibility index (Phi) is 15.9. The van der Waals surface area contributed by atoms with Gasteiger partial charge in [-0.3, -0.25) is 0 Å². The van der Waals surface area contributed by atoms with Crippen LogP contribution in [0.15, 0.2) is 30.3 Å². The lowest BCUT2D eigenvalue weighted by Crippen LogP contribution is -2.39. The van der Waals surface area contributed by atoms with Gasteiger partial charge in [0.25, 0.3) is 0 Å². The number of hydrogen-bond donors (Lipinski definition) is 2. The Balaban J connectivity index is 0.00000178. The summed E-state index contributed by atoms with van der Waals surface area (Å²) in [5.74, 6) is 0. The van der Waals surface area contributed by atoms with Crippen LogP contribution < -0.4 is 0 Å². The standard InChI is InChI=1S/C21H38N.H2O3/c1-4-5-6-7-8-9-10-11-12-16-19-22(2,3)20-21-17-14-13-15-18-21;1-3-2/h13-15,17-18H,4-12,16,19-20H2,1-3H3;1-2H/q+1;. The molecule has 1 aromatic rings. The van der Waals surface area contributed by atoms with Crippen molar-refractivity contribution in [1.29, 1.82) is 0 Å². The molecule has 25 heavy (non-hydrogen) atoms. The van der Waals surface area contributed by atoms with E-state index < -0.39 is 0 Å². The number of rotatable bonds is 13. The van der Waals surface area contributed by atoms with Gasteiger partial charge in [-0.05, 0) is 12.8 Å². The third kappa shape index (κ3) is 16.3. The van der Waals surface area contributed by atoms with Crippen LogP contribution in [0.25, 0.3) is 0 Å². The molecule has 0 fully saturated rings. The summed E-state index contributed by atoms with van der Waals surface area (Å²) in [6.07, 6.45) is 14.2. The third-order valence-corrected chi connectivity index (χ3v) is 4.57. The van der Waals surface area contributed by atoms with Gasteiger partial charge in [-0.1, -0.05) is 93.7 Å². The minimum atomic E-state index is 1.11. The van der Waals surface area contributed by atoms with Gasteiger partial charge in [0, 0.05) is 5.56 Å². The van der Waals surface area contributed by atoms with Gasteiger partial charge in [-0.2, -0.15) is 0 Å². The van der Waals surface area contributed by atoms with E-state index in [2.05, 4.69) is 56.4 Å². The van der Waals surface area contributed by atoms with Gasteiger partial charge in [0.05, 0.1) is 20.6 Å². The highest BCUT2D eigenvalue weighted by molar-refractivity contribution is 5.13. The Labute approximate surface area is 154 Å². The fourth-order valence-electron chi connectivity index (χ4n) is 3.18. The van der Waals surface area contributed by atoms with Crippen LogP contribution in [0.5, 0.6) is 0 Å². The van der Waals surface area contributed by atoms with Crippen molar-refractivity contribution in [1.82, 2.24) is 0 Å². The van der Waals surface area contributed by atoms with Gasteiger partial charge in [-0.25, -0.2) is 10.5 Å². The highest BCUT2D eigenvalue weighted by Gasteiger charge is 2.14. The number of nitrogens with zero attached hydrogens (tertiary/aromatic N) is 1. The van der Waals surface area contributed by atoms with Gasteiger partial charge in [-0.15, -0.1) is 0 Å². The van der Waals surface area contributed by atoms with Gasteiger partial charge >= 0.3 is 0 Å². The highest BCUT2D eigenvalue weighted by atomic mass is 17.4. The van der Waals surface area contributed by atoms with E-state index in [1.54, 1.807) is 0 Å². The summed E-state index contributed by atoms with van der Waals surface area (Å²) in [5.41, 5.74) is 1.46. The van der Waals surface area contributed by atoms with Crippen LogP contribution in [0.1, 0.15) is 76.7 Å². The monoisotopic (exact) mass is 354 g/mol. The van der Waals surface area contributed by atoms with Crippen LogP contribution in [-0.4, -0.2) is 35.6 Å². The molecule has 0 aromatic heterocycles. The highest BCUT2D eigenvalue weighted by Crippen LogP contribution is 2.13. The molecule has 1 rings (SSSR count). The van der Waals surface area contributed by atoms with E-state index >= 15 is 0 Å². The lowest BCUT2D eigenvalue weighted by atomic mass is 10.1. The smallest absolute Gasteiger partial charge is 0.104 e. The van der Waals surface area contributed by atoms with Gasteiger partial charge < -0.3 is 4.48 Å². The van der Waals surface area contributed by atoms with E-state index in [0.29, 0.717) is 0 Å². The first kappa shape index (κ1) is 24.1. The van der Waals surface area contributed by atoms with E-state index in [4.69, 9.17) is 10.5 Å². The first-order valence-electron chi connectivity index (χ1n) is 9.86. The van der Waals surface area contributed by atoms with Crippen molar-refractivity contribution in [3.05, 3.63) is 35.9 Å². The first-order valence-corrected chi connectivity index (χ1v) is 9.86. The normalized spacial score (nSPS) is 11.1. The molecule has 0 heterocycles. The van der Waals surface area contributed by atoms with Crippen LogP contribution >= 0.6 is 0 Å². The lowest BCUT2D eigenvalue weighted by molar-refractivity contribution is -0.903. The Hall–Kier alpha value is -0.940. The molecule has 0 aliphatic carbocycles. The van der Waals surface area contributed by atoms with Crippen molar-refractivity contribution < 1.29 is 20.0 Å². The molecular formula is C21H40NO3+. The fraction of sp³-hybridized carbons (Fsp3) is 0.714. The molecule has 4 nitrogen and oxygen atoms in total. The Morgan fingerprint density at radius 2 is 1.20 bits per heavy atom. The Bertz CT molecular complexity index is 382. The van der Waals surface area contributed by atoms with Crippen LogP contribution in [0.4, 0.5) is 0 Å². The quantitative estimate of drug-likeness (QED) is 0.194. The van der Waals surface area contributed by atoms with E-state index in [1.807, 2.05) is 0 Å². The SMILES string of the molecule is CCCCCCCCCCCC[N+](C)(C)Cc1ccccc1.OOO. The second kappa shape index (κ2) is 16.5. The molecule has 0 aliphatic heterocycles. The number of unbranched alkanes of at least 4 members (excludes halogenated alkanes) is 9. The fourth-order valence-corrected chi connectivity index (χ4v) is 3.18. The predicted octanol–water partition coefficient (Wildman–Crippen LogP) is 6.13. The molecule has 0 saturated heterocycles. The molecule has 4 heteroatoms. The summed E-state index contributed by atoms with van der Waals surface area (Å²) in [6.45, 7) is 4.74. The van der Waals surface area contributed by atoms with E-state index in [-0.39, 0.29) is 0 Å². The molecule has 146 valence electrons. The summed E-state index contributed by atoms with van der Waals surface area (Å²) in [5, 5.41) is 15.5. The first-order chi connectivity index (χ1) is 12.1. The zero-order valence-electron chi connectivity index (χ0n) is 16.6. The van der Waals surface area contributed by atoms with Gasteiger partial charge in [0.2, 0.25) is 0 Å². The van der Waals surface area contributed by atoms with Crippen LogP contribution in [-0.2, 0) is 11.6 Å². The van der Waals surface area contributed by atoms with Crippen molar-refractivity contribution >= 4 is 0 Å². The van der Waals surface area contributed by atoms with Gasteiger partial charge in [0.15, 0.2) is 0 Å². The Morgan fingerprint density at radius 1 is 0.760 bits per heavy atom. The van der Waals surface area contributed by atoms with Crippen molar-refractivity contribution in [3.63, 3.8) is 0 Å². The molecular weight excluding hydrogens is 314 g/mol. The molecule has 0 aliphatic rings. The molecule has 0 amide bonds. The van der Waals surface area contributed by atoms with Crippen LogP contribution in [0.2, 0.25) is 0 Å². The van der Waals surface area contributed by atoms with Crippen molar-refractivity contribution in [2.24, 2.45) is 0 Å². The predicted molar refractivity (Wildman–Crippen MR) is 105 cm³/mol. The van der Waals surface area contributed by atoms with Crippen molar-refractivity contribution in [2.75, 3.05) is 20.6 Å². The Morgan fingerprint density at radius 3 is 1.68 bits per heavy atom. The topological polar surface area (TPSA) is 49.7 Å². The maximum atomic E-state index is 6.62. The van der Waals surface area contributed by atoms with Crippen LogP contribution in [0, 0.1) is 0 Å². The summed E-state index contributed by atoms with van der Waals surface area (Å²) in [4.78, 5) is 0. The molecule has 0 spiro atoms. The molecule has 0 unspecified atom stereocenters. The minimum Gasteiger partial charge on any atom is -0.325 e. The average molecular weight is 355 g/mol. The average Bonchev–Trinajstić information content (AvgIpc) is 2.58. The van der Waals surface area contributed by atoms with Crippen molar-refractivity contribution in [3.8, 4) is 0 Å². The number of benzene rings is 1. The summed E-state index contributed by atoms with van der Waals surface area (Å²) < 4.78 is 1.11. The molecule has 2 N–H and O–H groups in total. The van der Waals surface area contributed by atoms with E-state index in [0.717, 1.165) is 11.0 Å². The minimum absolute atomic E-state index is 1.11. The second-order valence-corrected chi connectivity index (χ2v) is 7.57. The maximum absolute atomic E-state index is 6.62. The second-order valence-electron chi connectivity index (χ2n) is 7.57. The maximum Gasteiger partial charge on any atom is 0.104 e. The molecule has 0 radical (unpaired) electrons. The molecule has 0 saturated carbocycles. The summed E-state index contributed by atoms with van der Waals surface area (Å²) in [6, 6.07) is 10.9. The van der Waals surface area contributed by atoms with Crippen molar-refractivity contribution in [2.45, 2.75) is 77.7 Å². The number of quaternary nitrogens is 1. The van der Waals surface area contributed by atoms with Crippen LogP contribution in [0.3, 0.4) is 0 Å². The summed E-state index contributed by atoms with van der Waals surface area (Å²) in [7, 11) is 4.72. The zero-order chi connectivity index (χ0) is 18.8. The number of hydrogen-bond acceptors (Lipinski definition) is 3. The van der Waals surface area contributed by atoms with E-state index in [9.17, 15) is 0 Å². The lowest BCUT2D eigenvalue weighted by Gasteiger charge is -2.30. The molecule has 0 atom stereocenters. The summed E-state index contributed by atoms with van der Waals surface area (Å²) >= 11 is 0. The third-order valence-electron chi connectivity index (χ3n) is 4.57. The largest absolute Gasteiger partial charge is 0.325 e. The van der Waals surface area contributed by atoms with E-state index in [1.165, 1.54) is 76.3 Å². The van der Waals surface area contributed by atoms with Gasteiger partial charge in [0.1, 0.15) is 6.54 Å².